The van der Waals surface area contributed by atoms with Crippen LogP contribution in [0, 0.1) is 0 Å². The van der Waals surface area contributed by atoms with Gasteiger partial charge >= 0.3 is 0 Å². The monoisotopic (exact) mass is 420 g/mol. The predicted molar refractivity (Wildman–Crippen MR) is 122 cm³/mol. The lowest BCUT2D eigenvalue weighted by atomic mass is 9.90. The topological polar surface area (TPSA) is 82.9 Å². The summed E-state index contributed by atoms with van der Waals surface area (Å²) < 4.78 is 0. The fourth-order valence-corrected chi connectivity index (χ4v) is 4.74. The molecule has 154 valence electrons. The van der Waals surface area contributed by atoms with Crippen molar-refractivity contribution in [3.05, 3.63) is 65.7 Å². The lowest BCUT2D eigenvalue weighted by Gasteiger charge is -2.37. The quantitative estimate of drug-likeness (QED) is 0.571. The van der Waals surface area contributed by atoms with Crippen molar-refractivity contribution in [1.82, 2.24) is 19.9 Å². The van der Waals surface area contributed by atoms with E-state index in [9.17, 15) is 0 Å². The van der Waals surface area contributed by atoms with Gasteiger partial charge in [0.05, 0.1) is 16.9 Å². The Balaban J connectivity index is 1.36. The predicted octanol–water partition coefficient (Wildman–Crippen LogP) is 4.67. The molecule has 0 radical (unpaired) electrons. The van der Waals surface area contributed by atoms with E-state index in [2.05, 4.69) is 32.5 Å². The van der Waals surface area contributed by atoms with Crippen LogP contribution >= 0.6 is 11.6 Å². The summed E-state index contributed by atoms with van der Waals surface area (Å²) in [5, 5.41) is 5.21. The molecule has 0 saturated heterocycles. The van der Waals surface area contributed by atoms with Gasteiger partial charge in [0.15, 0.2) is 0 Å². The van der Waals surface area contributed by atoms with E-state index in [1.165, 1.54) is 12.8 Å². The number of H-pyrrole nitrogens is 1. The van der Waals surface area contributed by atoms with Crippen LogP contribution in [-0.4, -0.2) is 38.5 Å². The minimum absolute atomic E-state index is 0.321. The molecule has 0 amide bonds. The van der Waals surface area contributed by atoms with E-state index in [4.69, 9.17) is 22.3 Å². The average Bonchev–Trinajstić information content (AvgIpc) is 3.24. The van der Waals surface area contributed by atoms with Gasteiger partial charge in [-0.2, -0.15) is 0 Å². The number of allylic oxidation sites excluding steroid dienone is 1. The molecule has 6 nitrogen and oxygen atoms in total. The van der Waals surface area contributed by atoms with E-state index >= 15 is 0 Å². The number of aromatic amines is 1. The molecular weight excluding hydrogens is 396 g/mol. The minimum atomic E-state index is 0.321. The molecule has 2 aliphatic rings. The number of hydrogen-bond donors (Lipinski definition) is 3. The number of hydrogen-bond acceptors (Lipinski definition) is 5. The Labute approximate surface area is 180 Å². The van der Waals surface area contributed by atoms with Crippen LogP contribution in [0.1, 0.15) is 25.7 Å². The second-order valence-electron chi connectivity index (χ2n) is 8.02. The van der Waals surface area contributed by atoms with Crippen LogP contribution < -0.4 is 11.1 Å². The second kappa shape index (κ2) is 8.03. The van der Waals surface area contributed by atoms with E-state index in [1.54, 1.807) is 6.20 Å². The Morgan fingerprint density at radius 3 is 3.07 bits per heavy atom. The number of fused-ring (bicyclic) bond motifs is 1. The number of rotatable bonds is 4. The molecule has 7 heteroatoms. The molecule has 1 fully saturated rings. The van der Waals surface area contributed by atoms with Crippen molar-refractivity contribution >= 4 is 28.5 Å². The summed E-state index contributed by atoms with van der Waals surface area (Å²) in [6.45, 7) is 0.917. The van der Waals surface area contributed by atoms with Gasteiger partial charge < -0.3 is 20.9 Å². The van der Waals surface area contributed by atoms with Crippen molar-refractivity contribution in [3.8, 4) is 11.3 Å². The van der Waals surface area contributed by atoms with Crippen LogP contribution in [-0.2, 0) is 0 Å². The number of nitrogens with zero attached hydrogens (tertiary/aromatic N) is 3. The summed E-state index contributed by atoms with van der Waals surface area (Å²) in [7, 11) is 0. The molecule has 1 aromatic carbocycles. The summed E-state index contributed by atoms with van der Waals surface area (Å²) in [4.78, 5) is 14.8. The third-order valence-corrected chi connectivity index (χ3v) is 6.26. The highest BCUT2D eigenvalue weighted by molar-refractivity contribution is 6.33. The van der Waals surface area contributed by atoms with Gasteiger partial charge in [-0.05, 0) is 43.9 Å². The molecule has 30 heavy (non-hydrogen) atoms. The second-order valence-corrected chi connectivity index (χ2v) is 8.43. The Kier molecular flexibility index (Phi) is 5.09. The maximum absolute atomic E-state index is 6.48. The fraction of sp³-hybridized carbons (Fsp3) is 0.304. The van der Waals surface area contributed by atoms with Crippen LogP contribution in [0.15, 0.2) is 60.7 Å². The van der Waals surface area contributed by atoms with Gasteiger partial charge in [0.1, 0.15) is 0 Å². The molecule has 1 aliphatic carbocycles. The van der Waals surface area contributed by atoms with E-state index in [0.717, 1.165) is 47.2 Å². The van der Waals surface area contributed by atoms with Gasteiger partial charge in [-0.15, -0.1) is 0 Å². The normalized spacial score (nSPS) is 21.6. The maximum Gasteiger partial charge on any atom is 0.223 e. The van der Waals surface area contributed by atoms with E-state index in [-0.39, 0.29) is 0 Å². The van der Waals surface area contributed by atoms with Crippen molar-refractivity contribution in [2.45, 2.75) is 37.8 Å². The van der Waals surface area contributed by atoms with Crippen LogP contribution in [0.3, 0.4) is 0 Å². The van der Waals surface area contributed by atoms with Crippen LogP contribution in [0.4, 0.5) is 5.95 Å². The summed E-state index contributed by atoms with van der Waals surface area (Å²) in [6.07, 6.45) is 14.3. The third kappa shape index (κ3) is 3.75. The minimum Gasteiger partial charge on any atom is -0.398 e. The van der Waals surface area contributed by atoms with Gasteiger partial charge in [-0.3, -0.25) is 0 Å². The molecule has 4 N–H and O–H groups in total. The molecule has 3 heterocycles. The molecule has 0 spiro atoms. The first-order chi connectivity index (χ1) is 14.7. The first-order valence-electron chi connectivity index (χ1n) is 10.4. The van der Waals surface area contributed by atoms with E-state index in [0.29, 0.717) is 23.1 Å². The molecule has 5 rings (SSSR count). The van der Waals surface area contributed by atoms with Gasteiger partial charge in [0, 0.05) is 53.2 Å². The lowest BCUT2D eigenvalue weighted by Crippen LogP contribution is -2.41. The van der Waals surface area contributed by atoms with Crippen molar-refractivity contribution in [1.29, 1.82) is 0 Å². The number of halogens is 1. The fourth-order valence-electron chi connectivity index (χ4n) is 4.55. The molecule has 0 unspecified atom stereocenters. The Bertz CT molecular complexity index is 1120. The van der Waals surface area contributed by atoms with Crippen molar-refractivity contribution in [3.63, 3.8) is 0 Å². The zero-order chi connectivity index (χ0) is 20.5. The number of nitrogens with one attached hydrogen (secondary N) is 2. The highest BCUT2D eigenvalue weighted by Crippen LogP contribution is 2.33. The number of anilines is 1. The summed E-state index contributed by atoms with van der Waals surface area (Å²) in [5.41, 5.74) is 9.63. The lowest BCUT2D eigenvalue weighted by molar-refractivity contribution is 0.222. The Morgan fingerprint density at radius 2 is 2.17 bits per heavy atom. The van der Waals surface area contributed by atoms with Crippen LogP contribution in [0.25, 0.3) is 22.2 Å². The third-order valence-electron chi connectivity index (χ3n) is 5.98. The molecule has 1 aliphatic heterocycles. The highest BCUT2D eigenvalue weighted by atomic mass is 35.5. The number of aromatic nitrogens is 3. The molecule has 2 atom stereocenters. The van der Waals surface area contributed by atoms with E-state index < -0.39 is 0 Å². The molecule has 3 aromatic rings. The summed E-state index contributed by atoms with van der Waals surface area (Å²) >= 11 is 6.48. The zero-order valence-corrected chi connectivity index (χ0v) is 17.4. The number of benzene rings is 1. The van der Waals surface area contributed by atoms with Gasteiger partial charge in [-0.1, -0.05) is 29.8 Å². The van der Waals surface area contributed by atoms with Gasteiger partial charge in [0.25, 0.3) is 0 Å². The molecule has 0 bridgehead atoms. The van der Waals surface area contributed by atoms with Crippen LogP contribution in [0.5, 0.6) is 0 Å². The van der Waals surface area contributed by atoms with E-state index in [1.807, 2.05) is 36.5 Å². The SMILES string of the molecule is NC1=CN([C@H]2CCC[C@@H](Nc3ncc(Cl)c(-c4cccc5[nH]ccc45)n3)C2)CC=C1. The summed E-state index contributed by atoms with van der Waals surface area (Å²) in [5.74, 6) is 0.626. The van der Waals surface area contributed by atoms with Crippen LogP contribution in [0.2, 0.25) is 5.02 Å². The van der Waals surface area contributed by atoms with Crippen molar-refractivity contribution in [2.75, 3.05) is 11.9 Å². The highest BCUT2D eigenvalue weighted by Gasteiger charge is 2.26. The molecule has 2 aromatic heterocycles. The number of nitrogens with two attached hydrogens (primary N) is 1. The van der Waals surface area contributed by atoms with Crippen molar-refractivity contribution < 1.29 is 0 Å². The maximum atomic E-state index is 6.48. The summed E-state index contributed by atoms with van der Waals surface area (Å²) in [6, 6.07) is 8.95. The molecular formula is C23H25ClN6. The van der Waals surface area contributed by atoms with Crippen molar-refractivity contribution in [2.24, 2.45) is 5.73 Å². The van der Waals surface area contributed by atoms with Gasteiger partial charge in [-0.25, -0.2) is 9.97 Å². The standard InChI is InChI=1S/C23H25ClN6/c24-20-13-27-23(29-22(20)19-7-2-8-21-18(19)9-10-26-21)28-16-5-1-6-17(12-16)30-11-3-4-15(25)14-30/h2-4,7-10,13-14,16-17,26H,1,5-6,11-12,25H2,(H,27,28,29)/t16-,17+/m1/s1. The average molecular weight is 421 g/mol. The zero-order valence-electron chi connectivity index (χ0n) is 16.7. The largest absolute Gasteiger partial charge is 0.398 e. The Morgan fingerprint density at radius 1 is 1.23 bits per heavy atom. The smallest absolute Gasteiger partial charge is 0.223 e. The van der Waals surface area contributed by atoms with Gasteiger partial charge in [0.2, 0.25) is 5.95 Å². The Hall–Kier alpha value is -2.99. The first kappa shape index (κ1) is 19.0. The molecule has 1 saturated carbocycles. The first-order valence-corrected chi connectivity index (χ1v) is 10.8.